The van der Waals surface area contributed by atoms with Crippen molar-refractivity contribution in [3.05, 3.63) is 11.9 Å². The molecule has 0 bridgehead atoms. The fraction of sp³-hybridized carbons (Fsp3) is 0.556. The number of nitrogens with one attached hydrogen (secondary N) is 1. The summed E-state index contributed by atoms with van der Waals surface area (Å²) in [6, 6.07) is 0. The zero-order chi connectivity index (χ0) is 11.6. The average molecular weight is 241 g/mol. The largest absolute Gasteiger partial charge is 0.481 e. The van der Waals surface area contributed by atoms with Gasteiger partial charge >= 0.3 is 5.97 Å². The molecule has 2 N–H and O–H groups in total. The Morgan fingerprint density at radius 3 is 2.75 bits per heavy atom. The maximum Gasteiger partial charge on any atom is 0.311 e. The van der Waals surface area contributed by atoms with E-state index in [2.05, 4.69) is 14.1 Å². The third-order valence-electron chi connectivity index (χ3n) is 2.95. The molecule has 1 aromatic heterocycles. The summed E-state index contributed by atoms with van der Waals surface area (Å²) in [4.78, 5) is 22.5. The summed E-state index contributed by atoms with van der Waals surface area (Å²) in [7, 11) is 0. The lowest BCUT2D eigenvalue weighted by molar-refractivity contribution is -0.153. The van der Waals surface area contributed by atoms with Crippen molar-refractivity contribution in [2.45, 2.75) is 19.3 Å². The van der Waals surface area contributed by atoms with Gasteiger partial charge in [0, 0.05) is 6.54 Å². The zero-order valence-corrected chi connectivity index (χ0v) is 9.29. The van der Waals surface area contributed by atoms with Gasteiger partial charge in [0.15, 0.2) is 5.69 Å². The maximum absolute atomic E-state index is 11.5. The standard InChI is InChI=1S/C9H11N3O3S/c13-7(6-4-11-16-12-6)10-5-9(8(14)15)2-1-3-9/h4H,1-3,5H2,(H,10,13)(H,14,15). The fourth-order valence-electron chi connectivity index (χ4n) is 1.67. The van der Waals surface area contributed by atoms with Crippen LogP contribution in [0.25, 0.3) is 0 Å². The summed E-state index contributed by atoms with van der Waals surface area (Å²) >= 11 is 0.950. The van der Waals surface area contributed by atoms with Crippen molar-refractivity contribution in [1.82, 2.24) is 14.1 Å². The van der Waals surface area contributed by atoms with Crippen molar-refractivity contribution in [2.24, 2.45) is 5.41 Å². The molecule has 1 saturated carbocycles. The van der Waals surface area contributed by atoms with Crippen LogP contribution >= 0.6 is 11.7 Å². The van der Waals surface area contributed by atoms with Crippen molar-refractivity contribution in [2.75, 3.05) is 6.54 Å². The molecule has 0 spiro atoms. The lowest BCUT2D eigenvalue weighted by Gasteiger charge is -2.37. The summed E-state index contributed by atoms with van der Waals surface area (Å²) in [5.74, 6) is -1.20. The van der Waals surface area contributed by atoms with Gasteiger partial charge in [0.2, 0.25) is 0 Å². The smallest absolute Gasteiger partial charge is 0.311 e. The van der Waals surface area contributed by atoms with E-state index in [1.807, 2.05) is 0 Å². The Labute approximate surface area is 96.0 Å². The predicted octanol–water partition coefficient (Wildman–Crippen LogP) is 0.523. The van der Waals surface area contributed by atoms with Crippen LogP contribution in [0, 0.1) is 5.41 Å². The van der Waals surface area contributed by atoms with Crippen LogP contribution in [0.3, 0.4) is 0 Å². The Bertz CT molecular complexity index is 400. The Balaban J connectivity index is 1.92. The van der Waals surface area contributed by atoms with Gasteiger partial charge in [-0.05, 0) is 12.8 Å². The van der Waals surface area contributed by atoms with Crippen LogP contribution in [0.2, 0.25) is 0 Å². The summed E-state index contributed by atoms with van der Waals surface area (Å²) in [6.07, 6.45) is 3.52. The summed E-state index contributed by atoms with van der Waals surface area (Å²) in [6.45, 7) is 0.165. The Kier molecular flexibility index (Phi) is 2.86. The molecule has 1 amide bonds. The van der Waals surface area contributed by atoms with E-state index in [4.69, 9.17) is 5.11 Å². The SMILES string of the molecule is O=C(NCC1(C(=O)O)CCC1)c1cnsn1. The summed E-state index contributed by atoms with van der Waals surface area (Å²) in [5.41, 5.74) is -0.524. The normalized spacial score (nSPS) is 17.5. The Morgan fingerprint density at radius 1 is 1.56 bits per heavy atom. The molecule has 2 rings (SSSR count). The van der Waals surface area contributed by atoms with Crippen LogP contribution in [0.1, 0.15) is 29.8 Å². The molecule has 0 aromatic carbocycles. The molecule has 1 heterocycles. The van der Waals surface area contributed by atoms with Gasteiger partial charge < -0.3 is 10.4 Å². The number of amides is 1. The van der Waals surface area contributed by atoms with Gasteiger partial charge in [-0.15, -0.1) is 0 Å². The molecule has 0 saturated heterocycles. The quantitative estimate of drug-likeness (QED) is 0.801. The molecule has 1 aliphatic carbocycles. The van der Waals surface area contributed by atoms with E-state index >= 15 is 0 Å². The highest BCUT2D eigenvalue weighted by Gasteiger charge is 2.44. The van der Waals surface area contributed by atoms with Gasteiger partial charge in [-0.1, -0.05) is 6.42 Å². The zero-order valence-electron chi connectivity index (χ0n) is 8.47. The molecular weight excluding hydrogens is 230 g/mol. The lowest BCUT2D eigenvalue weighted by atomic mass is 9.69. The molecular formula is C9H11N3O3S. The number of carbonyl (C=O) groups is 2. The first-order valence-corrected chi connectivity index (χ1v) is 5.66. The number of rotatable bonds is 4. The fourth-order valence-corrected chi connectivity index (χ4v) is 2.09. The Hall–Kier alpha value is -1.50. The number of hydrogen-bond donors (Lipinski definition) is 2. The van der Waals surface area contributed by atoms with E-state index in [1.54, 1.807) is 0 Å². The minimum Gasteiger partial charge on any atom is -0.481 e. The number of aromatic nitrogens is 2. The first-order chi connectivity index (χ1) is 7.64. The van der Waals surface area contributed by atoms with Crippen LogP contribution in [0.4, 0.5) is 0 Å². The van der Waals surface area contributed by atoms with Gasteiger partial charge in [-0.2, -0.15) is 8.75 Å². The van der Waals surface area contributed by atoms with Crippen molar-refractivity contribution in [1.29, 1.82) is 0 Å². The van der Waals surface area contributed by atoms with E-state index in [1.165, 1.54) is 6.20 Å². The number of aliphatic carboxylic acids is 1. The van der Waals surface area contributed by atoms with Crippen LogP contribution in [0.5, 0.6) is 0 Å². The van der Waals surface area contributed by atoms with Crippen molar-refractivity contribution in [3.63, 3.8) is 0 Å². The molecule has 1 aromatic rings. The van der Waals surface area contributed by atoms with Crippen molar-refractivity contribution < 1.29 is 14.7 Å². The maximum atomic E-state index is 11.5. The first-order valence-electron chi connectivity index (χ1n) is 4.93. The number of carboxylic acids is 1. The van der Waals surface area contributed by atoms with Crippen LogP contribution in [0.15, 0.2) is 6.20 Å². The van der Waals surface area contributed by atoms with Crippen LogP contribution in [-0.4, -0.2) is 32.3 Å². The van der Waals surface area contributed by atoms with Gasteiger partial charge in [-0.3, -0.25) is 9.59 Å². The minimum absolute atomic E-state index is 0.165. The molecule has 7 heteroatoms. The highest BCUT2D eigenvalue weighted by atomic mass is 32.1. The van der Waals surface area contributed by atoms with Gasteiger partial charge in [-0.25, -0.2) is 0 Å². The lowest BCUT2D eigenvalue weighted by Crippen LogP contribution is -2.47. The molecule has 0 atom stereocenters. The molecule has 1 aliphatic rings. The molecule has 0 radical (unpaired) electrons. The molecule has 1 fully saturated rings. The van der Waals surface area contributed by atoms with Crippen LogP contribution < -0.4 is 5.32 Å². The van der Waals surface area contributed by atoms with E-state index in [9.17, 15) is 9.59 Å². The molecule has 6 nitrogen and oxygen atoms in total. The van der Waals surface area contributed by atoms with E-state index < -0.39 is 11.4 Å². The monoisotopic (exact) mass is 241 g/mol. The highest BCUT2D eigenvalue weighted by molar-refractivity contribution is 6.99. The number of hydrogen-bond acceptors (Lipinski definition) is 5. The van der Waals surface area contributed by atoms with E-state index in [-0.39, 0.29) is 18.1 Å². The number of carboxylic acid groups (broad SMARTS) is 1. The third kappa shape index (κ3) is 1.90. The molecule has 86 valence electrons. The van der Waals surface area contributed by atoms with Gasteiger partial charge in [0.05, 0.1) is 23.3 Å². The van der Waals surface area contributed by atoms with Gasteiger partial charge in [0.25, 0.3) is 5.91 Å². The Morgan fingerprint density at radius 2 is 2.31 bits per heavy atom. The summed E-state index contributed by atoms with van der Waals surface area (Å²) in [5, 5.41) is 11.6. The molecule has 16 heavy (non-hydrogen) atoms. The van der Waals surface area contributed by atoms with Crippen molar-refractivity contribution in [3.8, 4) is 0 Å². The van der Waals surface area contributed by atoms with E-state index in [0.29, 0.717) is 12.8 Å². The minimum atomic E-state index is -0.838. The second kappa shape index (κ2) is 4.17. The second-order valence-electron chi connectivity index (χ2n) is 3.91. The average Bonchev–Trinajstić information content (AvgIpc) is 2.67. The predicted molar refractivity (Wildman–Crippen MR) is 56.2 cm³/mol. The van der Waals surface area contributed by atoms with E-state index in [0.717, 1.165) is 18.1 Å². The van der Waals surface area contributed by atoms with Gasteiger partial charge in [0.1, 0.15) is 0 Å². The molecule has 0 unspecified atom stereocenters. The van der Waals surface area contributed by atoms with Crippen LogP contribution in [-0.2, 0) is 4.79 Å². The number of carbonyl (C=O) groups excluding carboxylic acids is 1. The summed E-state index contributed by atoms with van der Waals surface area (Å²) < 4.78 is 7.49. The second-order valence-corrected chi connectivity index (χ2v) is 4.47. The highest BCUT2D eigenvalue weighted by Crippen LogP contribution is 2.40. The third-order valence-corrected chi connectivity index (χ3v) is 3.42. The number of nitrogens with zero attached hydrogens (tertiary/aromatic N) is 2. The topological polar surface area (TPSA) is 92.2 Å². The molecule has 0 aliphatic heterocycles. The van der Waals surface area contributed by atoms with Crippen molar-refractivity contribution >= 4 is 23.6 Å². The first kappa shape index (κ1) is 11.0.